The smallest absolute Gasteiger partial charge is 0.301 e. The number of rotatable bonds is 8. The van der Waals surface area contributed by atoms with Gasteiger partial charge in [-0.1, -0.05) is 65.6 Å². The van der Waals surface area contributed by atoms with E-state index in [-0.39, 0.29) is 34.5 Å². The number of carbonyl (C=O) groups is 2. The van der Waals surface area contributed by atoms with Crippen LogP contribution in [0.3, 0.4) is 0 Å². The minimum Gasteiger partial charge on any atom is -0.505 e. The van der Waals surface area contributed by atoms with Gasteiger partial charge in [0.25, 0.3) is 5.78 Å². The SMILES string of the molecule is CCOc1cc(C2/C(=C(\O)c3nc4c(C)cccn4c3C)C(=O)C(=O)N2c2nnc(SCc3ccccc3)s2)ccc1O. The summed E-state index contributed by atoms with van der Waals surface area (Å²) in [4.78, 5) is 33.3. The topological polar surface area (TPSA) is 130 Å². The van der Waals surface area contributed by atoms with Crippen LogP contribution in [0, 0.1) is 13.8 Å². The Morgan fingerprint density at radius 1 is 1.07 bits per heavy atom. The van der Waals surface area contributed by atoms with Crippen LogP contribution in [0.25, 0.3) is 11.4 Å². The predicted octanol–water partition coefficient (Wildman–Crippen LogP) is 5.83. The summed E-state index contributed by atoms with van der Waals surface area (Å²) in [5, 5.41) is 30.8. The summed E-state index contributed by atoms with van der Waals surface area (Å²) >= 11 is 2.65. The van der Waals surface area contributed by atoms with E-state index in [0.29, 0.717) is 27.0 Å². The number of amides is 1. The van der Waals surface area contributed by atoms with Crippen LogP contribution < -0.4 is 9.64 Å². The fourth-order valence-electron chi connectivity index (χ4n) is 5.07. The molecule has 6 rings (SSSR count). The number of imidazole rings is 1. The van der Waals surface area contributed by atoms with Crippen molar-refractivity contribution in [3.63, 3.8) is 0 Å². The van der Waals surface area contributed by atoms with Crippen LogP contribution in [0.15, 0.2) is 76.8 Å². The van der Waals surface area contributed by atoms with Crippen molar-refractivity contribution in [1.29, 1.82) is 0 Å². The van der Waals surface area contributed by atoms with Gasteiger partial charge in [0.15, 0.2) is 21.6 Å². The number of aliphatic hydroxyl groups is 1. The maximum Gasteiger partial charge on any atom is 0.301 e. The first-order valence-electron chi connectivity index (χ1n) is 13.5. The van der Waals surface area contributed by atoms with Gasteiger partial charge in [0.1, 0.15) is 11.3 Å². The zero-order valence-electron chi connectivity index (χ0n) is 23.5. The number of carbonyl (C=O) groups excluding carboxylic acids is 2. The van der Waals surface area contributed by atoms with Crippen molar-refractivity contribution in [1.82, 2.24) is 19.6 Å². The summed E-state index contributed by atoms with van der Waals surface area (Å²) in [7, 11) is 0. The van der Waals surface area contributed by atoms with Crippen LogP contribution in [0.1, 0.15) is 41.0 Å². The molecule has 2 aromatic carbocycles. The predicted molar refractivity (Wildman–Crippen MR) is 165 cm³/mol. The number of fused-ring (bicyclic) bond motifs is 1. The lowest BCUT2D eigenvalue weighted by Crippen LogP contribution is -2.29. The second kappa shape index (κ2) is 11.5. The second-order valence-electron chi connectivity index (χ2n) is 9.88. The van der Waals surface area contributed by atoms with Crippen LogP contribution in [-0.2, 0) is 15.3 Å². The first kappa shape index (κ1) is 28.4. The number of Topliss-reactive ketones (excluding diaryl/α,β-unsaturated/α-hetero) is 1. The summed E-state index contributed by atoms with van der Waals surface area (Å²) in [6.45, 7) is 5.75. The number of pyridine rings is 1. The zero-order valence-corrected chi connectivity index (χ0v) is 25.1. The van der Waals surface area contributed by atoms with Gasteiger partial charge in [-0.25, -0.2) is 4.98 Å². The van der Waals surface area contributed by atoms with Gasteiger partial charge in [-0.05, 0) is 55.7 Å². The summed E-state index contributed by atoms with van der Waals surface area (Å²) < 4.78 is 8.04. The Balaban J connectivity index is 1.48. The van der Waals surface area contributed by atoms with E-state index in [2.05, 4.69) is 15.2 Å². The van der Waals surface area contributed by atoms with Crippen molar-refractivity contribution in [2.75, 3.05) is 11.5 Å². The molecule has 5 aromatic rings. The maximum absolute atomic E-state index is 13.7. The number of phenols is 1. The average molecular weight is 614 g/mol. The molecule has 1 unspecified atom stereocenters. The number of hydrogen-bond donors (Lipinski definition) is 2. The van der Waals surface area contributed by atoms with Gasteiger partial charge < -0.3 is 19.4 Å². The van der Waals surface area contributed by atoms with Crippen LogP contribution >= 0.6 is 23.1 Å². The van der Waals surface area contributed by atoms with E-state index < -0.39 is 23.5 Å². The minimum absolute atomic E-state index is 0.0928. The van der Waals surface area contributed by atoms with Crippen molar-refractivity contribution < 1.29 is 24.5 Å². The van der Waals surface area contributed by atoms with E-state index >= 15 is 0 Å². The standard InChI is InChI=1S/C31H27N5O5S2/c1-4-41-22-15-20(12-13-21(22)37)25-23(26(38)24-18(3)35-14-8-9-17(2)28(35)32-24)27(39)29(40)36(25)30-33-34-31(43-30)42-16-19-10-6-5-7-11-19/h5-15,25,37-38H,4,16H2,1-3H3/b26-23+. The number of aromatic hydroxyl groups is 1. The van der Waals surface area contributed by atoms with E-state index in [1.54, 1.807) is 26.0 Å². The molecule has 4 heterocycles. The van der Waals surface area contributed by atoms with E-state index in [9.17, 15) is 19.8 Å². The van der Waals surface area contributed by atoms with Gasteiger partial charge >= 0.3 is 5.91 Å². The Bertz CT molecular complexity index is 1900. The second-order valence-corrected chi connectivity index (χ2v) is 12.1. The van der Waals surface area contributed by atoms with Crippen LogP contribution in [0.5, 0.6) is 11.5 Å². The molecule has 1 fully saturated rings. The fourth-order valence-corrected chi connectivity index (χ4v) is 6.89. The molecule has 1 saturated heterocycles. The van der Waals surface area contributed by atoms with Gasteiger partial charge in [-0.3, -0.25) is 14.5 Å². The highest BCUT2D eigenvalue weighted by atomic mass is 32.2. The third-order valence-corrected chi connectivity index (χ3v) is 9.29. The van der Waals surface area contributed by atoms with E-state index in [1.807, 2.05) is 60.0 Å². The molecule has 43 heavy (non-hydrogen) atoms. The van der Waals surface area contributed by atoms with Crippen LogP contribution in [0.4, 0.5) is 5.13 Å². The number of nitrogens with zero attached hydrogens (tertiary/aromatic N) is 5. The molecule has 3 aromatic heterocycles. The molecule has 0 radical (unpaired) electrons. The Morgan fingerprint density at radius 3 is 2.60 bits per heavy atom. The number of ketones is 1. The van der Waals surface area contributed by atoms with Crippen LogP contribution in [-0.4, -0.2) is 48.1 Å². The highest BCUT2D eigenvalue weighted by Gasteiger charge is 2.49. The molecule has 0 aliphatic carbocycles. The average Bonchev–Trinajstić information content (AvgIpc) is 3.69. The molecular formula is C31H27N5O5S2. The molecular weight excluding hydrogens is 587 g/mol. The van der Waals surface area contributed by atoms with Crippen molar-refractivity contribution in [3.8, 4) is 11.5 Å². The van der Waals surface area contributed by atoms with Gasteiger partial charge in [0.2, 0.25) is 5.13 Å². The highest BCUT2D eigenvalue weighted by Crippen LogP contribution is 2.45. The largest absolute Gasteiger partial charge is 0.505 e. The van der Waals surface area contributed by atoms with Gasteiger partial charge in [-0.15, -0.1) is 10.2 Å². The normalized spacial score (nSPS) is 16.3. The molecule has 218 valence electrons. The third kappa shape index (κ3) is 5.12. The van der Waals surface area contributed by atoms with Gasteiger partial charge in [0, 0.05) is 11.9 Å². The lowest BCUT2D eigenvalue weighted by molar-refractivity contribution is -0.132. The lowest BCUT2D eigenvalue weighted by atomic mass is 9.96. The first-order valence-corrected chi connectivity index (χ1v) is 15.3. The fraction of sp³-hybridized carbons (Fsp3) is 0.194. The van der Waals surface area contributed by atoms with Gasteiger partial charge in [-0.2, -0.15) is 0 Å². The van der Waals surface area contributed by atoms with E-state index in [1.165, 1.54) is 34.1 Å². The van der Waals surface area contributed by atoms with E-state index in [4.69, 9.17) is 4.74 Å². The molecule has 1 aliphatic rings. The molecule has 12 heteroatoms. The number of aryl methyl sites for hydroxylation is 2. The molecule has 1 amide bonds. The Kier molecular flexibility index (Phi) is 7.63. The Labute approximate surface area is 255 Å². The molecule has 0 bridgehead atoms. The number of anilines is 1. The summed E-state index contributed by atoms with van der Waals surface area (Å²) in [6.07, 6.45) is 1.82. The third-order valence-electron chi connectivity index (χ3n) is 7.16. The molecule has 10 nitrogen and oxygen atoms in total. The monoisotopic (exact) mass is 613 g/mol. The quantitative estimate of drug-likeness (QED) is 0.0730. The van der Waals surface area contributed by atoms with Gasteiger partial charge in [0.05, 0.1) is 23.9 Å². The zero-order chi connectivity index (χ0) is 30.2. The number of thioether (sulfide) groups is 1. The van der Waals surface area contributed by atoms with Crippen molar-refractivity contribution >= 4 is 51.3 Å². The number of hydrogen-bond acceptors (Lipinski definition) is 10. The van der Waals surface area contributed by atoms with Crippen molar-refractivity contribution in [2.24, 2.45) is 0 Å². The summed E-state index contributed by atoms with van der Waals surface area (Å²) in [5.74, 6) is -1.40. The first-order chi connectivity index (χ1) is 20.8. The van der Waals surface area contributed by atoms with Crippen molar-refractivity contribution in [3.05, 3.63) is 101 Å². The number of phenolic OH excluding ortho intramolecular Hbond substituents is 1. The summed E-state index contributed by atoms with van der Waals surface area (Å²) in [5.41, 5.74) is 3.71. The number of ether oxygens (including phenoxy) is 1. The highest BCUT2D eigenvalue weighted by molar-refractivity contribution is 8.00. The van der Waals surface area contributed by atoms with Crippen LogP contribution in [0.2, 0.25) is 0 Å². The van der Waals surface area contributed by atoms with E-state index in [0.717, 1.165) is 11.1 Å². The molecule has 1 aliphatic heterocycles. The van der Waals surface area contributed by atoms with Crippen molar-refractivity contribution in [2.45, 2.75) is 36.9 Å². The molecule has 2 N–H and O–H groups in total. The number of aromatic nitrogens is 4. The Morgan fingerprint density at radius 2 is 1.86 bits per heavy atom. The molecule has 1 atom stereocenters. The number of benzene rings is 2. The molecule has 0 saturated carbocycles. The Hall–Kier alpha value is -4.68. The summed E-state index contributed by atoms with van der Waals surface area (Å²) in [6, 6.07) is 17.2. The number of aliphatic hydroxyl groups excluding tert-OH is 1. The lowest BCUT2D eigenvalue weighted by Gasteiger charge is -2.23. The molecule has 0 spiro atoms. The maximum atomic E-state index is 13.7. The minimum atomic E-state index is -1.08.